The third kappa shape index (κ3) is 38.9. The maximum atomic E-state index is 12.6. The molecule has 52 heavy (non-hydrogen) atoms. The van der Waals surface area contributed by atoms with Gasteiger partial charge in [-0.2, -0.15) is 0 Å². The van der Waals surface area contributed by atoms with Crippen molar-refractivity contribution in [3.05, 3.63) is 85.1 Å². The van der Waals surface area contributed by atoms with Crippen molar-refractivity contribution in [3.63, 3.8) is 0 Å². The zero-order chi connectivity index (χ0) is 38.4. The van der Waals surface area contributed by atoms with E-state index in [0.29, 0.717) is 24.1 Å². The van der Waals surface area contributed by atoms with Crippen LogP contribution in [-0.4, -0.2) is 70.7 Å². The first kappa shape index (κ1) is 49.7. The summed E-state index contributed by atoms with van der Waals surface area (Å²) in [5, 5.41) is 0. The minimum Gasteiger partial charge on any atom is -0.756 e. The number of likely N-dealkylation sites (N-methyl/N-ethyl adjacent to an activating group) is 1. The Balaban J connectivity index is 4.32. The van der Waals surface area contributed by atoms with Gasteiger partial charge >= 0.3 is 5.97 Å². The predicted molar refractivity (Wildman–Crippen MR) is 217 cm³/mol. The van der Waals surface area contributed by atoms with Crippen molar-refractivity contribution in [1.82, 2.24) is 0 Å². The number of allylic oxidation sites excluding steroid dienone is 14. The summed E-state index contributed by atoms with van der Waals surface area (Å²) >= 11 is 0. The molecule has 2 atom stereocenters. The Bertz CT molecular complexity index is 1100. The van der Waals surface area contributed by atoms with Gasteiger partial charge in [-0.25, -0.2) is 0 Å². The fourth-order valence-electron chi connectivity index (χ4n) is 4.65. The van der Waals surface area contributed by atoms with Crippen molar-refractivity contribution < 1.29 is 37.3 Å². The summed E-state index contributed by atoms with van der Waals surface area (Å²) in [6, 6.07) is 0. The third-order valence-electron chi connectivity index (χ3n) is 7.71. The number of hydrogen-bond donors (Lipinski definition) is 0. The number of phosphoric acid groups is 1. The summed E-state index contributed by atoms with van der Waals surface area (Å²) in [6.45, 7) is 5.14. The maximum Gasteiger partial charge on any atom is 0.306 e. The van der Waals surface area contributed by atoms with Gasteiger partial charge in [0.25, 0.3) is 7.82 Å². The molecular formula is C43H74NO7P. The molecule has 0 aromatic heterocycles. The summed E-state index contributed by atoms with van der Waals surface area (Å²) in [6.07, 6.45) is 46.2. The monoisotopic (exact) mass is 748 g/mol. The van der Waals surface area contributed by atoms with Crippen LogP contribution in [0.1, 0.15) is 123 Å². The van der Waals surface area contributed by atoms with E-state index in [0.717, 1.165) is 64.2 Å². The van der Waals surface area contributed by atoms with Crippen LogP contribution in [0.25, 0.3) is 0 Å². The lowest BCUT2D eigenvalue weighted by atomic mass is 10.1. The molecule has 0 spiro atoms. The lowest BCUT2D eigenvalue weighted by molar-refractivity contribution is -0.870. The number of carbonyl (C=O) groups excluding carboxylic acids is 1. The molecule has 0 aliphatic heterocycles. The first-order chi connectivity index (χ1) is 25.1. The van der Waals surface area contributed by atoms with Crippen LogP contribution in [0.15, 0.2) is 85.1 Å². The van der Waals surface area contributed by atoms with E-state index in [2.05, 4.69) is 98.9 Å². The van der Waals surface area contributed by atoms with Crippen molar-refractivity contribution in [1.29, 1.82) is 0 Å². The quantitative estimate of drug-likeness (QED) is 0.0209. The molecule has 0 aliphatic carbocycles. The molecule has 0 rings (SSSR count). The van der Waals surface area contributed by atoms with Crippen LogP contribution < -0.4 is 4.89 Å². The normalized spacial score (nSPS) is 14.8. The number of esters is 1. The highest BCUT2D eigenvalue weighted by molar-refractivity contribution is 7.45. The molecule has 2 unspecified atom stereocenters. The van der Waals surface area contributed by atoms with Crippen LogP contribution in [0.3, 0.4) is 0 Å². The van der Waals surface area contributed by atoms with E-state index in [1.807, 2.05) is 21.1 Å². The Hall–Kier alpha value is -2.32. The molecule has 0 aromatic rings. The van der Waals surface area contributed by atoms with Crippen molar-refractivity contribution in [2.24, 2.45) is 0 Å². The molecule has 0 saturated heterocycles. The number of quaternary nitrogens is 1. The number of carbonyl (C=O) groups is 1. The zero-order valence-corrected chi connectivity index (χ0v) is 34.4. The van der Waals surface area contributed by atoms with E-state index in [4.69, 9.17) is 18.5 Å². The molecule has 298 valence electrons. The van der Waals surface area contributed by atoms with Crippen LogP contribution in [0, 0.1) is 0 Å². The number of hydrogen-bond acceptors (Lipinski definition) is 7. The van der Waals surface area contributed by atoms with Crippen LogP contribution >= 0.6 is 7.82 Å². The highest BCUT2D eigenvalue weighted by atomic mass is 31.2. The fraction of sp³-hybridized carbons (Fsp3) is 0.651. The largest absolute Gasteiger partial charge is 0.756 e. The van der Waals surface area contributed by atoms with Crippen LogP contribution in [0.2, 0.25) is 0 Å². The van der Waals surface area contributed by atoms with Crippen molar-refractivity contribution in [3.8, 4) is 0 Å². The Morgan fingerprint density at radius 2 is 1.10 bits per heavy atom. The minimum absolute atomic E-state index is 0.0110. The first-order valence-corrected chi connectivity index (χ1v) is 21.3. The minimum atomic E-state index is -4.53. The molecule has 0 bridgehead atoms. The zero-order valence-electron chi connectivity index (χ0n) is 33.5. The highest BCUT2D eigenvalue weighted by Gasteiger charge is 2.20. The van der Waals surface area contributed by atoms with Crippen molar-refractivity contribution in [2.75, 3.05) is 54.1 Å². The predicted octanol–water partition coefficient (Wildman–Crippen LogP) is 10.7. The van der Waals surface area contributed by atoms with Crippen LogP contribution in [0.4, 0.5) is 0 Å². The van der Waals surface area contributed by atoms with Gasteiger partial charge in [0.1, 0.15) is 19.3 Å². The fourth-order valence-corrected chi connectivity index (χ4v) is 5.38. The van der Waals surface area contributed by atoms with Gasteiger partial charge in [-0.3, -0.25) is 9.36 Å². The number of ether oxygens (including phenoxy) is 2. The van der Waals surface area contributed by atoms with E-state index in [1.54, 1.807) is 0 Å². The third-order valence-corrected chi connectivity index (χ3v) is 8.68. The van der Waals surface area contributed by atoms with E-state index in [1.165, 1.54) is 32.1 Å². The molecule has 0 heterocycles. The Morgan fingerprint density at radius 3 is 1.60 bits per heavy atom. The van der Waals surface area contributed by atoms with Gasteiger partial charge in [0.05, 0.1) is 34.4 Å². The van der Waals surface area contributed by atoms with Gasteiger partial charge in [0, 0.05) is 13.0 Å². The van der Waals surface area contributed by atoms with E-state index in [9.17, 15) is 14.3 Å². The Morgan fingerprint density at radius 1 is 0.615 bits per heavy atom. The highest BCUT2D eigenvalue weighted by Crippen LogP contribution is 2.38. The van der Waals surface area contributed by atoms with E-state index < -0.39 is 19.9 Å². The molecule has 9 heteroatoms. The molecule has 0 N–H and O–H groups in total. The van der Waals surface area contributed by atoms with Gasteiger partial charge in [-0.05, 0) is 64.2 Å². The van der Waals surface area contributed by atoms with Crippen LogP contribution in [-0.2, 0) is 27.9 Å². The summed E-state index contributed by atoms with van der Waals surface area (Å²) in [4.78, 5) is 24.9. The second-order valence-electron chi connectivity index (χ2n) is 13.9. The number of nitrogens with zero attached hydrogens (tertiary/aromatic N) is 1. The number of phosphoric ester groups is 1. The summed E-state index contributed by atoms with van der Waals surface area (Å²) in [5.74, 6) is -0.398. The summed E-state index contributed by atoms with van der Waals surface area (Å²) in [5.41, 5.74) is 0. The second kappa shape index (κ2) is 35.7. The maximum absolute atomic E-state index is 12.6. The van der Waals surface area contributed by atoms with Gasteiger partial charge in [-0.15, -0.1) is 0 Å². The van der Waals surface area contributed by atoms with Crippen molar-refractivity contribution >= 4 is 13.8 Å². The standard InChI is InChI=1S/C43H74NO7P/c1-6-8-10-12-14-15-16-17-18-19-20-21-22-23-24-25-26-27-28-29-30-32-34-36-43(45)51-42(40-48-38-35-33-31-13-11-9-7-2)41-50-52(46,47)49-39-37-44(3,4)5/h8,10,14-15,17-18,20-21,23-24,26-27,29-30,42H,6-7,9,11-13,16,19,22,25,28,31-41H2,1-5H3/b10-8-,15-14-,18-17-,21-20-,24-23-,27-26-,30-29-. The van der Waals surface area contributed by atoms with Crippen molar-refractivity contribution in [2.45, 2.75) is 129 Å². The molecule has 0 saturated carbocycles. The Kier molecular flexibility index (Phi) is 34.1. The molecule has 0 radical (unpaired) electrons. The Labute approximate surface area is 318 Å². The summed E-state index contributed by atoms with van der Waals surface area (Å²) in [7, 11) is 1.30. The molecular weight excluding hydrogens is 673 g/mol. The molecule has 8 nitrogen and oxygen atoms in total. The second-order valence-corrected chi connectivity index (χ2v) is 15.3. The van der Waals surface area contributed by atoms with E-state index in [-0.39, 0.29) is 26.2 Å². The van der Waals surface area contributed by atoms with E-state index >= 15 is 0 Å². The van der Waals surface area contributed by atoms with Gasteiger partial charge in [0.2, 0.25) is 0 Å². The average molecular weight is 748 g/mol. The topological polar surface area (TPSA) is 94.1 Å². The summed E-state index contributed by atoms with van der Waals surface area (Å²) < 4.78 is 34.2. The molecule has 0 aromatic carbocycles. The SMILES string of the molecule is CC/C=C\C/C=C\C/C=C\C/C=C\C/C=C\C/C=C\C/C=C\CCCC(=O)OC(COCCCCCCCCC)COP(=O)([O-])OCC[N+](C)(C)C. The lowest BCUT2D eigenvalue weighted by Crippen LogP contribution is -2.37. The first-order valence-electron chi connectivity index (χ1n) is 19.8. The molecule has 0 fully saturated rings. The van der Waals surface area contributed by atoms with Crippen LogP contribution in [0.5, 0.6) is 0 Å². The average Bonchev–Trinajstić information content (AvgIpc) is 3.09. The van der Waals surface area contributed by atoms with Gasteiger partial charge in [-0.1, -0.05) is 137 Å². The molecule has 0 amide bonds. The van der Waals surface area contributed by atoms with Gasteiger partial charge in [0.15, 0.2) is 0 Å². The molecule has 0 aliphatic rings. The lowest BCUT2D eigenvalue weighted by Gasteiger charge is -2.28. The smallest absolute Gasteiger partial charge is 0.306 e. The number of rotatable bonds is 35. The van der Waals surface area contributed by atoms with Gasteiger partial charge < -0.3 is 27.9 Å². The number of unbranched alkanes of at least 4 members (excludes halogenated alkanes) is 7.